The SMILES string of the molecule is Cc1cc(C(=O)Nc2c(F)cccc2F)nc(NCc2cccnc2)n1. The van der Waals surface area contributed by atoms with Gasteiger partial charge in [0, 0.05) is 24.6 Å². The van der Waals surface area contributed by atoms with Gasteiger partial charge in [0.2, 0.25) is 5.95 Å². The number of benzene rings is 1. The maximum Gasteiger partial charge on any atom is 0.274 e. The van der Waals surface area contributed by atoms with Crippen LogP contribution in [0.4, 0.5) is 20.4 Å². The van der Waals surface area contributed by atoms with Gasteiger partial charge in [-0.1, -0.05) is 12.1 Å². The van der Waals surface area contributed by atoms with Gasteiger partial charge in [-0.15, -0.1) is 0 Å². The molecule has 2 aromatic heterocycles. The highest BCUT2D eigenvalue weighted by Crippen LogP contribution is 2.19. The molecular formula is C18H15F2N5O. The van der Waals surface area contributed by atoms with Crippen LogP contribution in [0, 0.1) is 18.6 Å². The molecule has 0 saturated heterocycles. The maximum atomic E-state index is 13.7. The van der Waals surface area contributed by atoms with Gasteiger partial charge in [-0.25, -0.2) is 18.7 Å². The Labute approximate surface area is 148 Å². The van der Waals surface area contributed by atoms with Crippen LogP contribution in [0.3, 0.4) is 0 Å². The van der Waals surface area contributed by atoms with Gasteiger partial charge >= 0.3 is 0 Å². The molecule has 3 rings (SSSR count). The molecule has 6 nitrogen and oxygen atoms in total. The normalized spacial score (nSPS) is 10.4. The fourth-order valence-corrected chi connectivity index (χ4v) is 2.24. The van der Waals surface area contributed by atoms with Crippen molar-refractivity contribution in [1.29, 1.82) is 0 Å². The molecule has 8 heteroatoms. The summed E-state index contributed by atoms with van der Waals surface area (Å²) in [6.07, 6.45) is 3.36. The standard InChI is InChI=1S/C18H15F2N5O/c1-11-8-15(17(26)25-16-13(19)5-2-6-14(16)20)24-18(23-11)22-10-12-4-3-7-21-9-12/h2-9H,10H2,1H3,(H,25,26)(H,22,23,24). The quantitative estimate of drug-likeness (QED) is 0.734. The van der Waals surface area contributed by atoms with E-state index in [4.69, 9.17) is 0 Å². The number of anilines is 2. The largest absolute Gasteiger partial charge is 0.350 e. The summed E-state index contributed by atoms with van der Waals surface area (Å²) in [4.78, 5) is 24.6. The topological polar surface area (TPSA) is 79.8 Å². The average molecular weight is 355 g/mol. The summed E-state index contributed by atoms with van der Waals surface area (Å²) >= 11 is 0. The van der Waals surface area contributed by atoms with E-state index in [0.717, 1.165) is 17.7 Å². The summed E-state index contributed by atoms with van der Waals surface area (Å²) < 4.78 is 27.4. The van der Waals surface area contributed by atoms with Gasteiger partial charge in [0.15, 0.2) is 0 Å². The Morgan fingerprint density at radius 1 is 1.12 bits per heavy atom. The Balaban J connectivity index is 1.77. The third-order valence-electron chi connectivity index (χ3n) is 3.46. The minimum absolute atomic E-state index is 0.00570. The summed E-state index contributed by atoms with van der Waals surface area (Å²) in [5.41, 5.74) is 0.928. The van der Waals surface area contributed by atoms with E-state index in [0.29, 0.717) is 12.2 Å². The van der Waals surface area contributed by atoms with Crippen LogP contribution in [-0.2, 0) is 6.54 Å². The van der Waals surface area contributed by atoms with Crippen LogP contribution in [-0.4, -0.2) is 20.9 Å². The predicted octanol–water partition coefficient (Wildman–Crippen LogP) is 3.32. The number of nitrogens with zero attached hydrogens (tertiary/aromatic N) is 3. The average Bonchev–Trinajstić information content (AvgIpc) is 2.63. The summed E-state index contributed by atoms with van der Waals surface area (Å²) in [6.45, 7) is 2.11. The maximum absolute atomic E-state index is 13.7. The van der Waals surface area contributed by atoms with Crippen LogP contribution < -0.4 is 10.6 Å². The molecule has 0 spiro atoms. The van der Waals surface area contributed by atoms with E-state index in [2.05, 4.69) is 25.6 Å². The van der Waals surface area contributed by atoms with E-state index >= 15 is 0 Å². The van der Waals surface area contributed by atoms with Crippen molar-refractivity contribution in [1.82, 2.24) is 15.0 Å². The number of hydrogen-bond acceptors (Lipinski definition) is 5. The first kappa shape index (κ1) is 17.4. The molecule has 0 radical (unpaired) electrons. The Morgan fingerprint density at radius 2 is 1.88 bits per heavy atom. The van der Waals surface area contributed by atoms with E-state index in [1.165, 1.54) is 12.1 Å². The molecule has 0 atom stereocenters. The number of halogens is 2. The molecule has 2 N–H and O–H groups in total. The van der Waals surface area contributed by atoms with Crippen molar-refractivity contribution in [3.63, 3.8) is 0 Å². The Hall–Kier alpha value is -3.42. The molecule has 1 aromatic carbocycles. The van der Waals surface area contributed by atoms with Crippen molar-refractivity contribution in [3.8, 4) is 0 Å². The number of carbonyl (C=O) groups is 1. The van der Waals surface area contributed by atoms with E-state index in [9.17, 15) is 13.6 Å². The van der Waals surface area contributed by atoms with Crippen molar-refractivity contribution < 1.29 is 13.6 Å². The van der Waals surface area contributed by atoms with Gasteiger partial charge in [-0.2, -0.15) is 0 Å². The smallest absolute Gasteiger partial charge is 0.274 e. The van der Waals surface area contributed by atoms with Crippen molar-refractivity contribution in [3.05, 3.63) is 77.4 Å². The number of rotatable bonds is 5. The lowest BCUT2D eigenvalue weighted by molar-refractivity contribution is 0.102. The molecule has 0 saturated carbocycles. The van der Waals surface area contributed by atoms with Gasteiger partial charge < -0.3 is 10.6 Å². The van der Waals surface area contributed by atoms with Gasteiger partial charge in [0.1, 0.15) is 23.0 Å². The molecule has 0 aliphatic carbocycles. The Bertz CT molecular complexity index is 914. The van der Waals surface area contributed by atoms with Crippen LogP contribution in [0.25, 0.3) is 0 Å². The van der Waals surface area contributed by atoms with E-state index < -0.39 is 23.2 Å². The second-order valence-electron chi connectivity index (χ2n) is 5.48. The van der Waals surface area contributed by atoms with E-state index in [-0.39, 0.29) is 11.6 Å². The molecule has 2 heterocycles. The molecule has 0 fully saturated rings. The lowest BCUT2D eigenvalue weighted by Gasteiger charge is -2.10. The fraction of sp³-hybridized carbons (Fsp3) is 0.111. The molecule has 0 unspecified atom stereocenters. The second kappa shape index (κ2) is 7.64. The minimum atomic E-state index is -0.862. The van der Waals surface area contributed by atoms with Crippen LogP contribution in [0.5, 0.6) is 0 Å². The molecule has 26 heavy (non-hydrogen) atoms. The first-order valence-corrected chi connectivity index (χ1v) is 7.77. The number of aryl methyl sites for hydroxylation is 1. The van der Waals surface area contributed by atoms with Gasteiger partial charge in [0.05, 0.1) is 0 Å². The zero-order chi connectivity index (χ0) is 18.5. The molecule has 132 valence electrons. The molecule has 3 aromatic rings. The number of para-hydroxylation sites is 1. The second-order valence-corrected chi connectivity index (χ2v) is 5.48. The van der Waals surface area contributed by atoms with Gasteiger partial charge in [-0.3, -0.25) is 9.78 Å². The lowest BCUT2D eigenvalue weighted by atomic mass is 10.2. The highest BCUT2D eigenvalue weighted by atomic mass is 19.1. The number of pyridine rings is 1. The third-order valence-corrected chi connectivity index (χ3v) is 3.46. The predicted molar refractivity (Wildman–Crippen MR) is 92.6 cm³/mol. The van der Waals surface area contributed by atoms with Crippen molar-refractivity contribution in [2.75, 3.05) is 10.6 Å². The molecule has 0 aliphatic rings. The molecule has 0 aliphatic heterocycles. The van der Waals surface area contributed by atoms with Crippen LogP contribution in [0.15, 0.2) is 48.8 Å². The van der Waals surface area contributed by atoms with E-state index in [1.807, 2.05) is 6.07 Å². The highest BCUT2D eigenvalue weighted by molar-refractivity contribution is 6.03. The lowest BCUT2D eigenvalue weighted by Crippen LogP contribution is -2.17. The van der Waals surface area contributed by atoms with Crippen LogP contribution in [0.1, 0.15) is 21.7 Å². The van der Waals surface area contributed by atoms with Gasteiger partial charge in [-0.05, 0) is 36.8 Å². The highest BCUT2D eigenvalue weighted by Gasteiger charge is 2.16. The number of nitrogens with one attached hydrogen (secondary N) is 2. The summed E-state index contributed by atoms with van der Waals surface area (Å²) in [7, 11) is 0. The minimum Gasteiger partial charge on any atom is -0.350 e. The van der Waals surface area contributed by atoms with Crippen LogP contribution >= 0.6 is 0 Å². The zero-order valence-corrected chi connectivity index (χ0v) is 13.8. The van der Waals surface area contributed by atoms with Gasteiger partial charge in [0.25, 0.3) is 5.91 Å². The molecule has 0 bridgehead atoms. The van der Waals surface area contributed by atoms with Crippen molar-refractivity contribution in [2.45, 2.75) is 13.5 Å². The van der Waals surface area contributed by atoms with Crippen LogP contribution in [0.2, 0.25) is 0 Å². The van der Waals surface area contributed by atoms with Crippen molar-refractivity contribution >= 4 is 17.5 Å². The zero-order valence-electron chi connectivity index (χ0n) is 13.8. The first-order valence-electron chi connectivity index (χ1n) is 7.77. The molecule has 1 amide bonds. The Morgan fingerprint density at radius 3 is 2.58 bits per heavy atom. The summed E-state index contributed by atoms with van der Waals surface area (Å²) in [5.74, 6) is -2.23. The number of hydrogen-bond donors (Lipinski definition) is 2. The first-order chi connectivity index (χ1) is 12.5. The fourth-order valence-electron chi connectivity index (χ4n) is 2.24. The summed E-state index contributed by atoms with van der Waals surface area (Å²) in [5, 5.41) is 5.20. The third kappa shape index (κ3) is 4.15. The Kier molecular flexibility index (Phi) is 5.12. The van der Waals surface area contributed by atoms with E-state index in [1.54, 1.807) is 25.4 Å². The molecular weight excluding hydrogens is 340 g/mol. The van der Waals surface area contributed by atoms with Crippen molar-refractivity contribution in [2.24, 2.45) is 0 Å². The number of aromatic nitrogens is 3. The monoisotopic (exact) mass is 355 g/mol. The number of carbonyl (C=O) groups excluding carboxylic acids is 1. The summed E-state index contributed by atoms with van der Waals surface area (Å²) in [6, 6.07) is 8.45. The number of amides is 1.